The Balaban J connectivity index is 1.78. The van der Waals surface area contributed by atoms with Gasteiger partial charge in [-0.05, 0) is 40.2 Å². The maximum absolute atomic E-state index is 5.65. The van der Waals surface area contributed by atoms with Crippen molar-refractivity contribution in [2.45, 2.75) is 13.2 Å². The molecule has 0 amide bonds. The molecule has 21 heavy (non-hydrogen) atoms. The Hall–Kier alpha value is -1.50. The fraction of sp³-hybridized carbons (Fsp3) is 0.333. The lowest BCUT2D eigenvalue weighted by atomic mass is 10.3. The lowest BCUT2D eigenvalue weighted by molar-refractivity contribution is 0.199. The Morgan fingerprint density at radius 1 is 1.10 bits per heavy atom. The molecule has 0 aromatic carbocycles. The van der Waals surface area contributed by atoms with Gasteiger partial charge in [-0.1, -0.05) is 0 Å². The summed E-state index contributed by atoms with van der Waals surface area (Å²) in [5, 5.41) is 3.24. The van der Waals surface area contributed by atoms with Crippen LogP contribution in [0, 0.1) is 0 Å². The van der Waals surface area contributed by atoms with Gasteiger partial charge in [-0.3, -0.25) is 9.97 Å². The number of hydrogen-bond acceptors (Lipinski definition) is 5. The molecule has 2 heterocycles. The summed E-state index contributed by atoms with van der Waals surface area (Å²) >= 11 is 3.35. The van der Waals surface area contributed by atoms with E-state index in [0.717, 1.165) is 34.7 Å². The number of methoxy groups -OCH3 is 1. The zero-order valence-electron chi connectivity index (χ0n) is 11.9. The SMILES string of the molecule is COCCNCc1ccc(OCc2ccc(Br)cn2)cn1. The number of aromatic nitrogens is 2. The normalized spacial score (nSPS) is 10.6. The van der Waals surface area contributed by atoms with Crippen molar-refractivity contribution in [2.75, 3.05) is 20.3 Å². The fourth-order valence-corrected chi connectivity index (χ4v) is 1.88. The summed E-state index contributed by atoms with van der Waals surface area (Å²) in [6, 6.07) is 7.73. The molecule has 0 aliphatic rings. The second-order valence-electron chi connectivity index (χ2n) is 4.41. The monoisotopic (exact) mass is 351 g/mol. The van der Waals surface area contributed by atoms with Gasteiger partial charge in [0.15, 0.2) is 0 Å². The van der Waals surface area contributed by atoms with Crippen LogP contribution in [0.25, 0.3) is 0 Å². The van der Waals surface area contributed by atoms with Crippen LogP contribution in [0.15, 0.2) is 41.1 Å². The van der Waals surface area contributed by atoms with Gasteiger partial charge < -0.3 is 14.8 Å². The second kappa shape index (κ2) is 8.71. The van der Waals surface area contributed by atoms with Crippen LogP contribution in [0.4, 0.5) is 0 Å². The van der Waals surface area contributed by atoms with Crippen LogP contribution in [0.5, 0.6) is 5.75 Å². The molecule has 2 aromatic heterocycles. The fourth-order valence-electron chi connectivity index (χ4n) is 1.64. The van der Waals surface area contributed by atoms with E-state index >= 15 is 0 Å². The first kappa shape index (κ1) is 15.9. The summed E-state index contributed by atoms with van der Waals surface area (Å²) in [4.78, 5) is 8.60. The summed E-state index contributed by atoms with van der Waals surface area (Å²) in [5.41, 5.74) is 1.85. The Bertz CT molecular complexity index is 532. The first-order chi connectivity index (χ1) is 10.3. The number of halogens is 1. The highest BCUT2D eigenvalue weighted by atomic mass is 79.9. The summed E-state index contributed by atoms with van der Waals surface area (Å²) in [6.07, 6.45) is 3.48. The van der Waals surface area contributed by atoms with Crippen molar-refractivity contribution in [3.8, 4) is 5.75 Å². The molecule has 0 radical (unpaired) electrons. The van der Waals surface area contributed by atoms with E-state index in [1.165, 1.54) is 0 Å². The lowest BCUT2D eigenvalue weighted by Crippen LogP contribution is -2.19. The molecule has 6 heteroatoms. The standard InChI is InChI=1S/C15H18BrN3O2/c1-20-7-6-17-9-13-4-5-15(10-19-13)21-11-14-3-2-12(16)8-18-14/h2-5,8,10,17H,6-7,9,11H2,1H3. The van der Waals surface area contributed by atoms with E-state index in [1.54, 1.807) is 19.5 Å². The third-order valence-corrected chi connectivity index (χ3v) is 3.23. The maximum atomic E-state index is 5.65. The largest absolute Gasteiger partial charge is 0.486 e. The van der Waals surface area contributed by atoms with Crippen LogP contribution in [-0.2, 0) is 17.9 Å². The van der Waals surface area contributed by atoms with Gasteiger partial charge in [-0.2, -0.15) is 0 Å². The minimum Gasteiger partial charge on any atom is -0.486 e. The van der Waals surface area contributed by atoms with Crippen molar-refractivity contribution in [3.63, 3.8) is 0 Å². The predicted octanol–water partition coefficient (Wildman–Crippen LogP) is 2.55. The predicted molar refractivity (Wildman–Crippen MR) is 84.1 cm³/mol. The van der Waals surface area contributed by atoms with E-state index in [2.05, 4.69) is 31.2 Å². The van der Waals surface area contributed by atoms with Crippen LogP contribution in [0.1, 0.15) is 11.4 Å². The molecule has 112 valence electrons. The van der Waals surface area contributed by atoms with Crippen molar-refractivity contribution in [3.05, 3.63) is 52.5 Å². The van der Waals surface area contributed by atoms with E-state index in [-0.39, 0.29) is 0 Å². The van der Waals surface area contributed by atoms with Crippen LogP contribution in [0.3, 0.4) is 0 Å². The maximum Gasteiger partial charge on any atom is 0.138 e. The molecular weight excluding hydrogens is 334 g/mol. The molecular formula is C15H18BrN3O2. The Kier molecular flexibility index (Phi) is 6.59. The van der Waals surface area contributed by atoms with Crippen LogP contribution >= 0.6 is 15.9 Å². The summed E-state index contributed by atoms with van der Waals surface area (Å²) < 4.78 is 11.6. The van der Waals surface area contributed by atoms with Crippen LogP contribution in [-0.4, -0.2) is 30.2 Å². The molecule has 0 fully saturated rings. The molecule has 0 atom stereocenters. The molecule has 0 bridgehead atoms. The Morgan fingerprint density at radius 3 is 2.57 bits per heavy atom. The molecule has 2 rings (SSSR count). The summed E-state index contributed by atoms with van der Waals surface area (Å²) in [7, 11) is 1.69. The molecule has 0 saturated heterocycles. The van der Waals surface area contributed by atoms with Crippen molar-refractivity contribution < 1.29 is 9.47 Å². The summed E-state index contributed by atoms with van der Waals surface area (Å²) in [5.74, 6) is 0.736. The third kappa shape index (κ3) is 5.79. The van der Waals surface area contributed by atoms with E-state index in [1.807, 2.05) is 24.3 Å². The molecule has 2 aromatic rings. The first-order valence-electron chi connectivity index (χ1n) is 6.66. The number of nitrogens with one attached hydrogen (secondary N) is 1. The number of nitrogens with zero attached hydrogens (tertiary/aromatic N) is 2. The number of pyridine rings is 2. The van der Waals surface area contributed by atoms with Gasteiger partial charge in [0.05, 0.1) is 24.2 Å². The van der Waals surface area contributed by atoms with Crippen molar-refractivity contribution >= 4 is 15.9 Å². The van der Waals surface area contributed by atoms with Gasteiger partial charge >= 0.3 is 0 Å². The second-order valence-corrected chi connectivity index (χ2v) is 5.33. The lowest BCUT2D eigenvalue weighted by Gasteiger charge is -2.07. The highest BCUT2D eigenvalue weighted by Gasteiger charge is 1.99. The van der Waals surface area contributed by atoms with Gasteiger partial charge in [0, 0.05) is 30.9 Å². The number of ether oxygens (including phenoxy) is 2. The molecule has 5 nitrogen and oxygen atoms in total. The molecule has 0 aliphatic heterocycles. The minimum atomic E-state index is 0.431. The highest BCUT2D eigenvalue weighted by molar-refractivity contribution is 9.10. The van der Waals surface area contributed by atoms with Crippen LogP contribution in [0.2, 0.25) is 0 Å². The Labute approximate surface area is 132 Å². The molecule has 0 unspecified atom stereocenters. The molecule has 1 N–H and O–H groups in total. The summed E-state index contributed by atoms with van der Waals surface area (Å²) in [6.45, 7) is 2.66. The number of rotatable bonds is 8. The average molecular weight is 352 g/mol. The molecule has 0 aliphatic carbocycles. The van der Waals surface area contributed by atoms with Crippen molar-refractivity contribution in [1.29, 1.82) is 0 Å². The van der Waals surface area contributed by atoms with Gasteiger partial charge in [-0.25, -0.2) is 0 Å². The van der Waals surface area contributed by atoms with Gasteiger partial charge in [0.2, 0.25) is 0 Å². The minimum absolute atomic E-state index is 0.431. The molecule has 0 spiro atoms. The smallest absolute Gasteiger partial charge is 0.138 e. The van der Waals surface area contributed by atoms with E-state index < -0.39 is 0 Å². The van der Waals surface area contributed by atoms with E-state index in [0.29, 0.717) is 13.2 Å². The van der Waals surface area contributed by atoms with Crippen LogP contribution < -0.4 is 10.1 Å². The zero-order valence-corrected chi connectivity index (χ0v) is 13.5. The van der Waals surface area contributed by atoms with E-state index in [4.69, 9.17) is 9.47 Å². The highest BCUT2D eigenvalue weighted by Crippen LogP contribution is 2.12. The topological polar surface area (TPSA) is 56.3 Å². The van der Waals surface area contributed by atoms with E-state index in [9.17, 15) is 0 Å². The van der Waals surface area contributed by atoms with Gasteiger partial charge in [0.1, 0.15) is 12.4 Å². The first-order valence-corrected chi connectivity index (χ1v) is 7.45. The van der Waals surface area contributed by atoms with Crippen molar-refractivity contribution in [2.24, 2.45) is 0 Å². The zero-order chi connectivity index (χ0) is 14.9. The molecule has 0 saturated carbocycles. The Morgan fingerprint density at radius 2 is 1.90 bits per heavy atom. The average Bonchev–Trinajstić information content (AvgIpc) is 2.52. The number of hydrogen-bond donors (Lipinski definition) is 1. The third-order valence-electron chi connectivity index (χ3n) is 2.76. The van der Waals surface area contributed by atoms with Gasteiger partial charge in [-0.15, -0.1) is 0 Å². The van der Waals surface area contributed by atoms with Crippen molar-refractivity contribution in [1.82, 2.24) is 15.3 Å². The van der Waals surface area contributed by atoms with Gasteiger partial charge in [0.25, 0.3) is 0 Å². The quantitative estimate of drug-likeness (QED) is 0.740.